The first-order valence-corrected chi connectivity index (χ1v) is 7.06. The highest BCUT2D eigenvalue weighted by Crippen LogP contribution is 2.30. The zero-order valence-corrected chi connectivity index (χ0v) is 12.0. The summed E-state index contributed by atoms with van der Waals surface area (Å²) in [6.45, 7) is 2.59. The number of nitrogens with one attached hydrogen (secondary N) is 1. The molecule has 1 aromatic heterocycles. The Kier molecular flexibility index (Phi) is 5.60. The first kappa shape index (κ1) is 14.8. The summed E-state index contributed by atoms with van der Waals surface area (Å²) in [6.07, 6.45) is 7.27. The molecule has 1 N–H and O–H groups in total. The van der Waals surface area contributed by atoms with Gasteiger partial charge in [-0.2, -0.15) is 4.98 Å². The van der Waals surface area contributed by atoms with Gasteiger partial charge in [-0.3, -0.25) is 0 Å². The molecule has 0 spiro atoms. The van der Waals surface area contributed by atoms with E-state index in [1.165, 1.54) is 32.1 Å². The van der Waals surface area contributed by atoms with E-state index in [0.717, 1.165) is 37.8 Å². The molecule has 0 amide bonds. The lowest BCUT2D eigenvalue weighted by Gasteiger charge is -2.22. The zero-order valence-electron chi connectivity index (χ0n) is 11.1. The second kappa shape index (κ2) is 7.22. The number of ether oxygens (including phenoxy) is 1. The van der Waals surface area contributed by atoms with Crippen LogP contribution in [0.3, 0.4) is 0 Å². The molecule has 0 radical (unpaired) electrons. The van der Waals surface area contributed by atoms with Gasteiger partial charge in [0.05, 0.1) is 19.1 Å². The van der Waals surface area contributed by atoms with E-state index in [4.69, 9.17) is 9.26 Å². The van der Waals surface area contributed by atoms with Crippen LogP contribution in [0, 0.1) is 0 Å². The van der Waals surface area contributed by atoms with Gasteiger partial charge in [0.1, 0.15) is 0 Å². The van der Waals surface area contributed by atoms with Crippen molar-refractivity contribution in [3.8, 4) is 0 Å². The molecule has 1 atom stereocenters. The van der Waals surface area contributed by atoms with Crippen LogP contribution in [0.2, 0.25) is 0 Å². The van der Waals surface area contributed by atoms with E-state index < -0.39 is 0 Å². The Morgan fingerprint density at radius 3 is 2.79 bits per heavy atom. The minimum Gasteiger partial charge on any atom is -0.375 e. The summed E-state index contributed by atoms with van der Waals surface area (Å²) in [7, 11) is 0. The lowest BCUT2D eigenvalue weighted by atomic mass is 9.89. The Bertz CT molecular complexity index is 374. The fraction of sp³-hybridized carbons (Fsp3) is 0.846. The maximum atomic E-state index is 5.65. The third-order valence-corrected chi connectivity index (χ3v) is 3.86. The van der Waals surface area contributed by atoms with Gasteiger partial charge in [0, 0.05) is 19.0 Å². The molecule has 1 saturated carbocycles. The largest absolute Gasteiger partial charge is 0.375 e. The van der Waals surface area contributed by atoms with Gasteiger partial charge in [-0.25, -0.2) is 0 Å². The Morgan fingerprint density at radius 1 is 1.21 bits per heavy atom. The molecule has 5 nitrogen and oxygen atoms in total. The van der Waals surface area contributed by atoms with Gasteiger partial charge in [0.2, 0.25) is 5.89 Å². The van der Waals surface area contributed by atoms with Gasteiger partial charge < -0.3 is 14.6 Å². The Labute approximate surface area is 119 Å². The van der Waals surface area contributed by atoms with Crippen LogP contribution in [0.15, 0.2) is 4.52 Å². The third kappa shape index (κ3) is 3.91. The number of halogens is 1. The van der Waals surface area contributed by atoms with Gasteiger partial charge in [0.25, 0.3) is 0 Å². The van der Waals surface area contributed by atoms with Crippen molar-refractivity contribution in [2.75, 3.05) is 19.7 Å². The van der Waals surface area contributed by atoms with Gasteiger partial charge in [0.15, 0.2) is 5.82 Å². The van der Waals surface area contributed by atoms with Gasteiger partial charge in [-0.15, -0.1) is 12.4 Å². The van der Waals surface area contributed by atoms with E-state index in [-0.39, 0.29) is 18.5 Å². The predicted molar refractivity (Wildman–Crippen MR) is 73.7 cm³/mol. The van der Waals surface area contributed by atoms with Crippen LogP contribution in [0.5, 0.6) is 0 Å². The van der Waals surface area contributed by atoms with Crippen LogP contribution >= 0.6 is 12.4 Å². The van der Waals surface area contributed by atoms with Crippen LogP contribution in [-0.2, 0) is 11.2 Å². The van der Waals surface area contributed by atoms with Gasteiger partial charge >= 0.3 is 0 Å². The molecule has 1 unspecified atom stereocenters. The lowest BCUT2D eigenvalue weighted by Crippen LogP contribution is -2.39. The molecule has 19 heavy (non-hydrogen) atoms. The van der Waals surface area contributed by atoms with Crippen molar-refractivity contribution in [3.05, 3.63) is 11.7 Å². The minimum atomic E-state index is 0. The van der Waals surface area contributed by atoms with Crippen molar-refractivity contribution in [3.63, 3.8) is 0 Å². The van der Waals surface area contributed by atoms with E-state index in [1.54, 1.807) is 0 Å². The van der Waals surface area contributed by atoms with Crippen molar-refractivity contribution < 1.29 is 9.26 Å². The second-order valence-corrected chi connectivity index (χ2v) is 5.28. The smallest absolute Gasteiger partial charge is 0.229 e. The van der Waals surface area contributed by atoms with Gasteiger partial charge in [-0.05, 0) is 12.8 Å². The molecular formula is C13H22ClN3O2. The molecule has 2 fully saturated rings. The van der Waals surface area contributed by atoms with Crippen LogP contribution in [0.25, 0.3) is 0 Å². The zero-order chi connectivity index (χ0) is 12.2. The Balaban J connectivity index is 0.00000133. The van der Waals surface area contributed by atoms with Crippen molar-refractivity contribution in [2.45, 2.75) is 50.5 Å². The molecule has 3 rings (SSSR count). The molecule has 1 saturated heterocycles. The van der Waals surface area contributed by atoms with Crippen LogP contribution < -0.4 is 5.32 Å². The highest BCUT2D eigenvalue weighted by Gasteiger charge is 2.22. The van der Waals surface area contributed by atoms with Crippen molar-refractivity contribution in [2.24, 2.45) is 0 Å². The van der Waals surface area contributed by atoms with Crippen LogP contribution in [0.4, 0.5) is 0 Å². The number of aromatic nitrogens is 2. The van der Waals surface area contributed by atoms with E-state index in [2.05, 4.69) is 15.5 Å². The normalized spacial score (nSPS) is 24.9. The van der Waals surface area contributed by atoms with E-state index in [9.17, 15) is 0 Å². The summed E-state index contributed by atoms with van der Waals surface area (Å²) in [5.74, 6) is 2.15. The fourth-order valence-electron chi connectivity index (χ4n) is 2.82. The average molecular weight is 288 g/mol. The summed E-state index contributed by atoms with van der Waals surface area (Å²) in [5, 5.41) is 7.45. The van der Waals surface area contributed by atoms with Crippen molar-refractivity contribution in [1.82, 2.24) is 15.5 Å². The number of rotatable bonds is 3. The first-order valence-electron chi connectivity index (χ1n) is 7.06. The standard InChI is InChI=1S/C13H21N3O2.ClH/c1-2-4-10(5-3-1)13-15-12(18-16-13)8-11-9-14-6-7-17-11;/h10-11,14H,1-9H2;1H. The van der Waals surface area contributed by atoms with Crippen molar-refractivity contribution >= 4 is 12.4 Å². The third-order valence-electron chi connectivity index (χ3n) is 3.86. The predicted octanol–water partition coefficient (Wildman–Crippen LogP) is 2.07. The molecular weight excluding hydrogens is 266 g/mol. The maximum absolute atomic E-state index is 5.65. The summed E-state index contributed by atoms with van der Waals surface area (Å²) in [4.78, 5) is 4.54. The molecule has 6 heteroatoms. The van der Waals surface area contributed by atoms with E-state index in [1.807, 2.05) is 0 Å². The number of nitrogens with zero attached hydrogens (tertiary/aromatic N) is 2. The summed E-state index contributed by atoms with van der Waals surface area (Å²) >= 11 is 0. The van der Waals surface area contributed by atoms with E-state index in [0.29, 0.717) is 5.92 Å². The molecule has 2 aliphatic rings. The monoisotopic (exact) mass is 287 g/mol. The average Bonchev–Trinajstić information content (AvgIpc) is 2.89. The number of hydrogen-bond acceptors (Lipinski definition) is 5. The SMILES string of the molecule is C1CCC(c2noc(CC3CNCCO3)n2)CC1.Cl. The highest BCUT2D eigenvalue weighted by atomic mass is 35.5. The quantitative estimate of drug-likeness (QED) is 0.922. The fourth-order valence-corrected chi connectivity index (χ4v) is 2.82. The number of hydrogen-bond donors (Lipinski definition) is 1. The minimum absolute atomic E-state index is 0. The van der Waals surface area contributed by atoms with Gasteiger partial charge in [-0.1, -0.05) is 24.4 Å². The highest BCUT2D eigenvalue weighted by molar-refractivity contribution is 5.85. The maximum Gasteiger partial charge on any atom is 0.229 e. The summed E-state index contributed by atoms with van der Waals surface area (Å²) in [6, 6.07) is 0. The molecule has 1 aromatic rings. The molecule has 1 aliphatic carbocycles. The topological polar surface area (TPSA) is 60.2 Å². The second-order valence-electron chi connectivity index (χ2n) is 5.28. The van der Waals surface area contributed by atoms with Crippen molar-refractivity contribution in [1.29, 1.82) is 0 Å². The lowest BCUT2D eigenvalue weighted by molar-refractivity contribution is 0.0246. The molecule has 0 bridgehead atoms. The number of morpholine rings is 1. The van der Waals surface area contributed by atoms with Crippen LogP contribution in [-0.4, -0.2) is 35.9 Å². The molecule has 108 valence electrons. The summed E-state index contributed by atoms with van der Waals surface area (Å²) < 4.78 is 11.0. The Morgan fingerprint density at radius 2 is 2.05 bits per heavy atom. The first-order chi connectivity index (χ1) is 8.92. The van der Waals surface area contributed by atoms with Crippen LogP contribution in [0.1, 0.15) is 49.7 Å². The Hall–Kier alpha value is -0.650. The molecule has 2 heterocycles. The molecule has 0 aromatic carbocycles. The van der Waals surface area contributed by atoms with E-state index >= 15 is 0 Å². The molecule has 1 aliphatic heterocycles. The summed E-state index contributed by atoms with van der Waals surface area (Å²) in [5.41, 5.74) is 0.